The van der Waals surface area contributed by atoms with E-state index in [1.165, 1.54) is 0 Å². The van der Waals surface area contributed by atoms with E-state index in [9.17, 15) is 4.79 Å². The molecule has 0 aromatic carbocycles. The van der Waals surface area contributed by atoms with E-state index in [4.69, 9.17) is 4.74 Å². The molecule has 1 rings (SSSR count). The maximum absolute atomic E-state index is 11.4. The van der Waals surface area contributed by atoms with Crippen molar-refractivity contribution in [1.29, 1.82) is 0 Å². The van der Waals surface area contributed by atoms with Crippen molar-refractivity contribution < 1.29 is 9.53 Å². The van der Waals surface area contributed by atoms with Crippen molar-refractivity contribution in [3.05, 3.63) is 24.4 Å². The fraction of sp³-hybridized carbons (Fsp3) is 0.400. The molecule has 0 radical (unpaired) electrons. The van der Waals surface area contributed by atoms with Gasteiger partial charge in [-0.25, -0.2) is 4.98 Å². The lowest BCUT2D eigenvalue weighted by Gasteiger charge is -2.15. The number of esters is 1. The zero-order valence-corrected chi connectivity index (χ0v) is 8.07. The summed E-state index contributed by atoms with van der Waals surface area (Å²) in [5.74, 6) is 0.0774. The van der Waals surface area contributed by atoms with Crippen LogP contribution in [0.5, 0.6) is 5.88 Å². The van der Waals surface area contributed by atoms with E-state index in [2.05, 4.69) is 4.98 Å². The van der Waals surface area contributed by atoms with Gasteiger partial charge in [0.15, 0.2) is 0 Å². The van der Waals surface area contributed by atoms with Crippen LogP contribution >= 0.6 is 0 Å². The van der Waals surface area contributed by atoms with E-state index in [0.717, 1.165) is 0 Å². The summed E-state index contributed by atoms with van der Waals surface area (Å²) < 4.78 is 5.03. The second-order valence-electron chi connectivity index (χ2n) is 3.81. The van der Waals surface area contributed by atoms with Gasteiger partial charge in [0.2, 0.25) is 5.88 Å². The maximum atomic E-state index is 11.4. The Morgan fingerprint density at radius 3 is 2.54 bits per heavy atom. The van der Waals surface area contributed by atoms with Crippen LogP contribution in [0.25, 0.3) is 0 Å². The topological polar surface area (TPSA) is 39.2 Å². The summed E-state index contributed by atoms with van der Waals surface area (Å²) in [6.07, 6.45) is 1.59. The Balaban J connectivity index is 2.66. The highest BCUT2D eigenvalue weighted by atomic mass is 16.5. The minimum Gasteiger partial charge on any atom is -0.407 e. The van der Waals surface area contributed by atoms with Gasteiger partial charge in [0, 0.05) is 12.3 Å². The van der Waals surface area contributed by atoms with Gasteiger partial charge in [0.05, 0.1) is 5.41 Å². The van der Waals surface area contributed by atoms with E-state index in [-0.39, 0.29) is 5.97 Å². The van der Waals surface area contributed by atoms with E-state index < -0.39 is 5.41 Å². The van der Waals surface area contributed by atoms with Crippen molar-refractivity contribution in [2.75, 3.05) is 0 Å². The van der Waals surface area contributed by atoms with Gasteiger partial charge in [-0.2, -0.15) is 0 Å². The standard InChI is InChI=1S/C10H13NO2/c1-10(2,3)9(12)13-8-6-4-5-7-11-8/h4-7H,1-3H3. The molecule has 1 aromatic rings. The number of aromatic nitrogens is 1. The Labute approximate surface area is 77.8 Å². The van der Waals surface area contributed by atoms with Gasteiger partial charge in [0.1, 0.15) is 0 Å². The highest BCUT2D eigenvalue weighted by Gasteiger charge is 2.23. The quantitative estimate of drug-likeness (QED) is 0.619. The Morgan fingerprint density at radius 2 is 2.08 bits per heavy atom. The molecule has 0 bridgehead atoms. The second-order valence-corrected chi connectivity index (χ2v) is 3.81. The van der Waals surface area contributed by atoms with Crippen LogP contribution in [-0.2, 0) is 4.79 Å². The summed E-state index contributed by atoms with van der Waals surface area (Å²) in [6.45, 7) is 5.41. The summed E-state index contributed by atoms with van der Waals surface area (Å²) in [7, 11) is 0. The number of carbonyl (C=O) groups is 1. The average Bonchev–Trinajstić information content (AvgIpc) is 2.04. The molecular formula is C10H13NO2. The Hall–Kier alpha value is -1.38. The molecule has 0 atom stereocenters. The van der Waals surface area contributed by atoms with Crippen LogP contribution in [-0.4, -0.2) is 11.0 Å². The van der Waals surface area contributed by atoms with Crippen LogP contribution in [0.1, 0.15) is 20.8 Å². The summed E-state index contributed by atoms with van der Waals surface area (Å²) in [6, 6.07) is 5.20. The first-order valence-electron chi connectivity index (χ1n) is 4.13. The Bertz CT molecular complexity index is 288. The lowest BCUT2D eigenvalue weighted by Crippen LogP contribution is -2.25. The van der Waals surface area contributed by atoms with Crippen molar-refractivity contribution in [2.45, 2.75) is 20.8 Å². The molecule has 3 heteroatoms. The third kappa shape index (κ3) is 2.86. The maximum Gasteiger partial charge on any atom is 0.317 e. The van der Waals surface area contributed by atoms with Crippen molar-refractivity contribution in [2.24, 2.45) is 5.41 Å². The average molecular weight is 179 g/mol. The molecule has 0 fully saturated rings. The SMILES string of the molecule is CC(C)(C)C(=O)Oc1ccccn1. The summed E-state index contributed by atoms with van der Waals surface area (Å²) >= 11 is 0. The van der Waals surface area contributed by atoms with E-state index >= 15 is 0 Å². The predicted octanol–water partition coefficient (Wildman–Crippen LogP) is 2.03. The van der Waals surface area contributed by atoms with Crippen molar-refractivity contribution in [3.8, 4) is 5.88 Å². The molecule has 0 saturated heterocycles. The van der Waals surface area contributed by atoms with Gasteiger partial charge in [0.25, 0.3) is 0 Å². The number of hydrogen-bond donors (Lipinski definition) is 0. The molecule has 0 saturated carbocycles. The Kier molecular flexibility index (Phi) is 2.66. The van der Waals surface area contributed by atoms with E-state index in [1.54, 1.807) is 45.2 Å². The molecule has 0 unspecified atom stereocenters. The molecule has 13 heavy (non-hydrogen) atoms. The van der Waals surface area contributed by atoms with Crippen molar-refractivity contribution in [3.63, 3.8) is 0 Å². The summed E-state index contributed by atoms with van der Waals surface area (Å²) in [5.41, 5.74) is -0.489. The zero-order valence-electron chi connectivity index (χ0n) is 8.07. The molecule has 3 nitrogen and oxygen atoms in total. The number of rotatable bonds is 1. The van der Waals surface area contributed by atoms with Gasteiger partial charge in [-0.1, -0.05) is 6.07 Å². The van der Waals surface area contributed by atoms with Crippen LogP contribution in [0.3, 0.4) is 0 Å². The third-order valence-corrected chi connectivity index (χ3v) is 1.45. The third-order valence-electron chi connectivity index (χ3n) is 1.45. The molecule has 0 amide bonds. The van der Waals surface area contributed by atoms with Gasteiger partial charge in [-0.05, 0) is 26.8 Å². The van der Waals surface area contributed by atoms with Gasteiger partial charge < -0.3 is 4.74 Å². The van der Waals surface area contributed by atoms with Crippen LogP contribution in [0.15, 0.2) is 24.4 Å². The van der Waals surface area contributed by atoms with Crippen LogP contribution in [0, 0.1) is 5.41 Å². The number of nitrogens with zero attached hydrogens (tertiary/aromatic N) is 1. The molecule has 0 spiro atoms. The molecule has 0 aliphatic rings. The van der Waals surface area contributed by atoms with E-state index in [0.29, 0.717) is 5.88 Å². The minimum absolute atomic E-state index is 0.272. The molecular weight excluding hydrogens is 166 g/mol. The van der Waals surface area contributed by atoms with Crippen molar-refractivity contribution >= 4 is 5.97 Å². The number of pyridine rings is 1. The Morgan fingerprint density at radius 1 is 1.38 bits per heavy atom. The minimum atomic E-state index is -0.489. The summed E-state index contributed by atoms with van der Waals surface area (Å²) in [5, 5.41) is 0. The first kappa shape index (κ1) is 9.71. The molecule has 0 aliphatic carbocycles. The van der Waals surface area contributed by atoms with Crippen LogP contribution in [0.4, 0.5) is 0 Å². The van der Waals surface area contributed by atoms with Gasteiger partial charge >= 0.3 is 5.97 Å². The first-order chi connectivity index (χ1) is 6.00. The van der Waals surface area contributed by atoms with Crippen LogP contribution < -0.4 is 4.74 Å². The first-order valence-corrected chi connectivity index (χ1v) is 4.13. The zero-order chi connectivity index (χ0) is 9.90. The van der Waals surface area contributed by atoms with Crippen molar-refractivity contribution in [1.82, 2.24) is 4.98 Å². The highest BCUT2D eigenvalue weighted by molar-refractivity contribution is 5.77. The number of carbonyl (C=O) groups excluding carboxylic acids is 1. The molecule has 70 valence electrons. The predicted molar refractivity (Wildman–Crippen MR) is 49.3 cm³/mol. The van der Waals surface area contributed by atoms with Gasteiger partial charge in [-0.15, -0.1) is 0 Å². The number of ether oxygens (including phenoxy) is 1. The lowest BCUT2D eigenvalue weighted by atomic mass is 9.97. The molecule has 1 heterocycles. The lowest BCUT2D eigenvalue weighted by molar-refractivity contribution is -0.143. The normalized spacial score (nSPS) is 11.0. The smallest absolute Gasteiger partial charge is 0.317 e. The second kappa shape index (κ2) is 3.56. The van der Waals surface area contributed by atoms with Gasteiger partial charge in [-0.3, -0.25) is 4.79 Å². The number of hydrogen-bond acceptors (Lipinski definition) is 3. The monoisotopic (exact) mass is 179 g/mol. The fourth-order valence-electron chi connectivity index (χ4n) is 0.656. The molecule has 0 aliphatic heterocycles. The summed E-state index contributed by atoms with van der Waals surface area (Å²) in [4.78, 5) is 15.3. The molecule has 0 N–H and O–H groups in total. The largest absolute Gasteiger partial charge is 0.407 e. The van der Waals surface area contributed by atoms with E-state index in [1.807, 2.05) is 0 Å². The fourth-order valence-corrected chi connectivity index (χ4v) is 0.656. The van der Waals surface area contributed by atoms with Crippen LogP contribution in [0.2, 0.25) is 0 Å². The molecule has 1 aromatic heterocycles. The highest BCUT2D eigenvalue weighted by Crippen LogP contribution is 2.16.